The monoisotopic (exact) mass is 450 g/mol. The lowest BCUT2D eigenvalue weighted by atomic mass is 10.0. The van der Waals surface area contributed by atoms with Crippen molar-refractivity contribution in [2.75, 3.05) is 7.05 Å². The molecule has 0 fully saturated rings. The lowest BCUT2D eigenvalue weighted by molar-refractivity contribution is 0.564. The SMILES string of the molecule is CNC(c1cccc(Br)c1F)c1ncc(Br)cc1Br. The zero-order chi connectivity index (χ0) is 14.0. The Morgan fingerprint density at radius 2 is 1.95 bits per heavy atom. The molecule has 1 aromatic heterocycles. The highest BCUT2D eigenvalue weighted by atomic mass is 79.9. The van der Waals surface area contributed by atoms with Gasteiger partial charge in [0.05, 0.1) is 16.2 Å². The average Bonchev–Trinajstić information content (AvgIpc) is 2.37. The minimum atomic E-state index is -0.319. The highest BCUT2D eigenvalue weighted by Gasteiger charge is 2.21. The molecule has 100 valence electrons. The fourth-order valence-corrected chi connectivity index (χ4v) is 3.42. The van der Waals surface area contributed by atoms with Crippen molar-refractivity contribution in [1.82, 2.24) is 10.3 Å². The summed E-state index contributed by atoms with van der Waals surface area (Å²) >= 11 is 10.0. The molecule has 1 aromatic carbocycles. The fraction of sp³-hybridized carbons (Fsp3) is 0.154. The smallest absolute Gasteiger partial charge is 0.142 e. The van der Waals surface area contributed by atoms with Crippen molar-refractivity contribution in [2.45, 2.75) is 6.04 Å². The number of nitrogens with one attached hydrogen (secondary N) is 1. The molecule has 19 heavy (non-hydrogen) atoms. The van der Waals surface area contributed by atoms with Crippen molar-refractivity contribution < 1.29 is 4.39 Å². The van der Waals surface area contributed by atoms with Gasteiger partial charge < -0.3 is 5.32 Å². The second-order valence-corrected chi connectivity index (χ2v) is 6.51. The van der Waals surface area contributed by atoms with Crippen molar-refractivity contribution in [2.24, 2.45) is 0 Å². The molecule has 1 N–H and O–H groups in total. The third kappa shape index (κ3) is 3.24. The van der Waals surface area contributed by atoms with Crippen molar-refractivity contribution in [3.05, 3.63) is 61.0 Å². The number of hydrogen-bond acceptors (Lipinski definition) is 2. The van der Waals surface area contributed by atoms with Crippen molar-refractivity contribution >= 4 is 47.8 Å². The number of nitrogens with zero attached hydrogens (tertiary/aromatic N) is 1. The van der Waals surface area contributed by atoms with Crippen LogP contribution in [0.3, 0.4) is 0 Å². The van der Waals surface area contributed by atoms with Gasteiger partial charge in [0, 0.05) is 20.7 Å². The Hall–Kier alpha value is -0.300. The van der Waals surface area contributed by atoms with Crippen LogP contribution in [0.15, 0.2) is 43.9 Å². The van der Waals surface area contributed by atoms with E-state index in [1.807, 2.05) is 6.07 Å². The first-order chi connectivity index (χ1) is 9.04. The maximum atomic E-state index is 14.2. The van der Waals surface area contributed by atoms with Gasteiger partial charge in [0.1, 0.15) is 5.82 Å². The van der Waals surface area contributed by atoms with Crippen LogP contribution in [0.5, 0.6) is 0 Å². The van der Waals surface area contributed by atoms with Gasteiger partial charge in [-0.05, 0) is 67.0 Å². The van der Waals surface area contributed by atoms with Gasteiger partial charge >= 0.3 is 0 Å². The van der Waals surface area contributed by atoms with Gasteiger partial charge in [-0.25, -0.2) is 4.39 Å². The largest absolute Gasteiger partial charge is 0.308 e. The molecule has 1 heterocycles. The van der Waals surface area contributed by atoms with E-state index in [4.69, 9.17) is 0 Å². The molecule has 1 atom stereocenters. The topological polar surface area (TPSA) is 24.9 Å². The van der Waals surface area contributed by atoms with E-state index >= 15 is 0 Å². The highest BCUT2D eigenvalue weighted by Crippen LogP contribution is 2.31. The van der Waals surface area contributed by atoms with Gasteiger partial charge in [0.25, 0.3) is 0 Å². The van der Waals surface area contributed by atoms with E-state index in [0.717, 1.165) is 14.6 Å². The quantitative estimate of drug-likeness (QED) is 0.722. The van der Waals surface area contributed by atoms with E-state index in [9.17, 15) is 4.39 Å². The molecule has 0 aliphatic carbocycles. The minimum Gasteiger partial charge on any atom is -0.308 e. The number of rotatable bonds is 3. The predicted molar refractivity (Wildman–Crippen MR) is 84.6 cm³/mol. The van der Waals surface area contributed by atoms with Crippen LogP contribution in [-0.2, 0) is 0 Å². The summed E-state index contributed by atoms with van der Waals surface area (Å²) in [6, 6.07) is 6.80. The Morgan fingerprint density at radius 1 is 1.21 bits per heavy atom. The van der Waals surface area contributed by atoms with E-state index in [2.05, 4.69) is 58.1 Å². The summed E-state index contributed by atoms with van der Waals surface area (Å²) in [5.74, 6) is -0.279. The second-order valence-electron chi connectivity index (χ2n) is 3.89. The first-order valence-electron chi connectivity index (χ1n) is 5.46. The number of hydrogen-bond donors (Lipinski definition) is 1. The van der Waals surface area contributed by atoms with E-state index in [0.29, 0.717) is 10.0 Å². The van der Waals surface area contributed by atoms with Crippen molar-refractivity contribution in [3.63, 3.8) is 0 Å². The average molecular weight is 453 g/mol. The molecule has 6 heteroatoms. The Morgan fingerprint density at radius 3 is 2.58 bits per heavy atom. The molecule has 2 rings (SSSR count). The van der Waals surface area contributed by atoms with Gasteiger partial charge in [-0.15, -0.1) is 0 Å². The molecule has 0 amide bonds. The number of benzene rings is 1. The van der Waals surface area contributed by atoms with Crippen LogP contribution in [0.2, 0.25) is 0 Å². The first-order valence-corrected chi connectivity index (χ1v) is 7.84. The lowest BCUT2D eigenvalue weighted by Gasteiger charge is -2.18. The molecule has 0 bridgehead atoms. The van der Waals surface area contributed by atoms with Crippen LogP contribution in [0.25, 0.3) is 0 Å². The van der Waals surface area contributed by atoms with Crippen LogP contribution in [0.1, 0.15) is 17.3 Å². The van der Waals surface area contributed by atoms with Crippen molar-refractivity contribution in [3.8, 4) is 0 Å². The molecule has 2 nitrogen and oxygen atoms in total. The van der Waals surface area contributed by atoms with Crippen LogP contribution in [-0.4, -0.2) is 12.0 Å². The second kappa shape index (κ2) is 6.43. The van der Waals surface area contributed by atoms with Gasteiger partial charge in [-0.1, -0.05) is 12.1 Å². The van der Waals surface area contributed by atoms with E-state index in [1.165, 1.54) is 0 Å². The number of pyridine rings is 1. The Balaban J connectivity index is 2.53. The Labute approximate surface area is 136 Å². The molecule has 0 aliphatic rings. The highest BCUT2D eigenvalue weighted by molar-refractivity contribution is 9.11. The molecule has 0 aliphatic heterocycles. The van der Waals surface area contributed by atoms with Crippen molar-refractivity contribution in [1.29, 1.82) is 0 Å². The molecule has 0 radical (unpaired) electrons. The van der Waals surface area contributed by atoms with Gasteiger partial charge in [0.15, 0.2) is 0 Å². The van der Waals surface area contributed by atoms with Gasteiger partial charge in [0.2, 0.25) is 0 Å². The van der Waals surface area contributed by atoms with Crippen LogP contribution >= 0.6 is 47.8 Å². The number of halogens is 4. The summed E-state index contributed by atoms with van der Waals surface area (Å²) in [6.07, 6.45) is 1.69. The summed E-state index contributed by atoms with van der Waals surface area (Å²) < 4.78 is 16.3. The third-order valence-electron chi connectivity index (χ3n) is 2.69. The lowest BCUT2D eigenvalue weighted by Crippen LogP contribution is -2.20. The summed E-state index contributed by atoms with van der Waals surface area (Å²) in [4.78, 5) is 4.36. The van der Waals surface area contributed by atoms with Gasteiger partial charge in [-0.2, -0.15) is 0 Å². The molecule has 0 spiro atoms. The molecular formula is C13H10Br3FN2. The molecule has 1 unspecified atom stereocenters. The summed E-state index contributed by atoms with van der Waals surface area (Å²) in [5, 5.41) is 3.09. The van der Waals surface area contributed by atoms with Crippen LogP contribution in [0, 0.1) is 5.82 Å². The minimum absolute atomic E-state index is 0.279. The summed E-state index contributed by atoms with van der Waals surface area (Å²) in [7, 11) is 1.78. The molecular weight excluding hydrogens is 443 g/mol. The predicted octanol–water partition coefficient (Wildman–Crippen LogP) is 4.82. The zero-order valence-corrected chi connectivity index (χ0v) is 14.7. The van der Waals surface area contributed by atoms with Gasteiger partial charge in [-0.3, -0.25) is 4.98 Å². The number of aromatic nitrogens is 1. The van der Waals surface area contributed by atoms with Crippen LogP contribution in [0.4, 0.5) is 4.39 Å². The van der Waals surface area contributed by atoms with E-state index in [1.54, 1.807) is 31.4 Å². The molecule has 0 saturated carbocycles. The summed E-state index contributed by atoms with van der Waals surface area (Å²) in [6.45, 7) is 0. The Kier molecular flexibility index (Phi) is 5.11. The Bertz CT molecular complexity index is 604. The van der Waals surface area contributed by atoms with Crippen LogP contribution < -0.4 is 5.32 Å². The normalized spacial score (nSPS) is 12.5. The molecule has 2 aromatic rings. The fourth-order valence-electron chi connectivity index (χ4n) is 1.82. The maximum absolute atomic E-state index is 14.2. The zero-order valence-electron chi connectivity index (χ0n) is 9.92. The third-order valence-corrected chi connectivity index (χ3v) is 4.37. The maximum Gasteiger partial charge on any atom is 0.142 e. The van der Waals surface area contributed by atoms with E-state index < -0.39 is 0 Å². The standard InChI is InChI=1S/C13H10Br3FN2/c1-18-12(8-3-2-4-9(15)11(8)17)13-10(16)5-7(14)6-19-13/h2-6,12,18H,1H3. The first kappa shape index (κ1) is 15.1. The molecule has 0 saturated heterocycles. The van der Waals surface area contributed by atoms with E-state index in [-0.39, 0.29) is 11.9 Å². The summed E-state index contributed by atoms with van der Waals surface area (Å²) in [5.41, 5.74) is 1.29.